The summed E-state index contributed by atoms with van der Waals surface area (Å²) in [5, 5.41) is 9.38. The number of hydrogen-bond acceptors (Lipinski definition) is 2. The second-order valence-electron chi connectivity index (χ2n) is 3.92. The van der Waals surface area contributed by atoms with Crippen molar-refractivity contribution in [1.29, 1.82) is 0 Å². The van der Waals surface area contributed by atoms with Crippen LogP contribution in [0.25, 0.3) is 0 Å². The molecule has 14 heavy (non-hydrogen) atoms. The van der Waals surface area contributed by atoms with Crippen LogP contribution in [0.3, 0.4) is 0 Å². The number of halogens is 1. The van der Waals surface area contributed by atoms with Gasteiger partial charge in [0, 0.05) is 10.5 Å². The van der Waals surface area contributed by atoms with E-state index in [1.54, 1.807) is 12.1 Å². The van der Waals surface area contributed by atoms with Gasteiger partial charge in [-0.25, -0.2) is 0 Å². The van der Waals surface area contributed by atoms with Crippen LogP contribution in [0.4, 0.5) is 0 Å². The summed E-state index contributed by atoms with van der Waals surface area (Å²) < 4.78 is 0.995. The molecule has 0 saturated heterocycles. The molecule has 1 saturated carbocycles. The van der Waals surface area contributed by atoms with Gasteiger partial charge in [-0.2, -0.15) is 0 Å². The number of rotatable bonds is 2. The van der Waals surface area contributed by atoms with E-state index < -0.39 is 0 Å². The smallest absolute Gasteiger partial charge is 0.115 e. The average Bonchev–Trinajstić information content (AvgIpc) is 2.06. The van der Waals surface area contributed by atoms with E-state index in [0.717, 1.165) is 10.0 Å². The monoisotopic (exact) mass is 255 g/mol. The average molecular weight is 256 g/mol. The quantitative estimate of drug-likeness (QED) is 0.854. The summed E-state index contributed by atoms with van der Waals surface area (Å²) in [6.45, 7) is 0. The van der Waals surface area contributed by atoms with E-state index in [4.69, 9.17) is 5.73 Å². The van der Waals surface area contributed by atoms with Crippen LogP contribution in [0.2, 0.25) is 0 Å². The summed E-state index contributed by atoms with van der Waals surface area (Å²) in [4.78, 5) is 0. The summed E-state index contributed by atoms with van der Waals surface area (Å²) in [6, 6.07) is 5.34. The van der Waals surface area contributed by atoms with Gasteiger partial charge in [0.05, 0.1) is 0 Å². The minimum Gasteiger partial charge on any atom is -0.508 e. The van der Waals surface area contributed by atoms with Crippen molar-refractivity contribution in [2.24, 2.45) is 11.7 Å². The Kier molecular flexibility index (Phi) is 2.79. The van der Waals surface area contributed by atoms with Gasteiger partial charge in [0.1, 0.15) is 5.75 Å². The summed E-state index contributed by atoms with van der Waals surface area (Å²) in [7, 11) is 0. The predicted molar refractivity (Wildman–Crippen MR) is 60.1 cm³/mol. The van der Waals surface area contributed by atoms with E-state index in [0.29, 0.717) is 5.92 Å². The number of aromatic hydroxyl groups is 1. The van der Waals surface area contributed by atoms with E-state index >= 15 is 0 Å². The van der Waals surface area contributed by atoms with Crippen LogP contribution in [0.15, 0.2) is 22.7 Å². The molecule has 0 heterocycles. The topological polar surface area (TPSA) is 46.2 Å². The highest BCUT2D eigenvalue weighted by molar-refractivity contribution is 9.10. The van der Waals surface area contributed by atoms with E-state index in [-0.39, 0.29) is 11.8 Å². The zero-order chi connectivity index (χ0) is 10.1. The molecule has 0 aliphatic heterocycles. The van der Waals surface area contributed by atoms with Gasteiger partial charge in [-0.15, -0.1) is 0 Å². The van der Waals surface area contributed by atoms with Gasteiger partial charge in [0.2, 0.25) is 0 Å². The van der Waals surface area contributed by atoms with Crippen molar-refractivity contribution in [3.8, 4) is 5.75 Å². The number of nitrogens with two attached hydrogens (primary N) is 1. The maximum absolute atomic E-state index is 9.38. The van der Waals surface area contributed by atoms with Crippen molar-refractivity contribution >= 4 is 15.9 Å². The first kappa shape index (κ1) is 9.99. The van der Waals surface area contributed by atoms with E-state index in [1.165, 1.54) is 19.3 Å². The van der Waals surface area contributed by atoms with Gasteiger partial charge in [0.25, 0.3) is 0 Å². The van der Waals surface area contributed by atoms with Crippen molar-refractivity contribution in [3.05, 3.63) is 28.2 Å². The van der Waals surface area contributed by atoms with Crippen LogP contribution in [-0.4, -0.2) is 5.11 Å². The van der Waals surface area contributed by atoms with E-state index in [1.807, 2.05) is 6.07 Å². The Labute approximate surface area is 92.3 Å². The third-order valence-corrected chi connectivity index (χ3v) is 3.72. The second-order valence-corrected chi connectivity index (χ2v) is 4.78. The molecule has 1 unspecified atom stereocenters. The van der Waals surface area contributed by atoms with Gasteiger partial charge in [-0.3, -0.25) is 0 Å². The van der Waals surface area contributed by atoms with Crippen LogP contribution in [0, 0.1) is 5.92 Å². The Morgan fingerprint density at radius 1 is 1.43 bits per heavy atom. The zero-order valence-electron chi connectivity index (χ0n) is 7.91. The fourth-order valence-corrected chi connectivity index (χ4v) is 2.35. The van der Waals surface area contributed by atoms with Crippen LogP contribution in [0.1, 0.15) is 30.9 Å². The second kappa shape index (κ2) is 3.91. The third-order valence-electron chi connectivity index (χ3n) is 3.00. The molecular formula is C11H14BrNO. The summed E-state index contributed by atoms with van der Waals surface area (Å²) in [5.41, 5.74) is 7.15. The van der Waals surface area contributed by atoms with Crippen molar-refractivity contribution < 1.29 is 5.11 Å². The molecule has 2 nitrogen and oxygen atoms in total. The Balaban J connectivity index is 2.24. The Hall–Kier alpha value is -0.540. The highest BCUT2D eigenvalue weighted by atomic mass is 79.9. The van der Waals surface area contributed by atoms with Gasteiger partial charge >= 0.3 is 0 Å². The molecule has 76 valence electrons. The molecule has 0 radical (unpaired) electrons. The lowest BCUT2D eigenvalue weighted by atomic mass is 9.77. The third kappa shape index (κ3) is 1.79. The maximum atomic E-state index is 9.38. The molecule has 1 aliphatic rings. The molecule has 3 heteroatoms. The van der Waals surface area contributed by atoms with Crippen molar-refractivity contribution in [2.45, 2.75) is 25.3 Å². The largest absolute Gasteiger partial charge is 0.508 e. The fourth-order valence-electron chi connectivity index (χ4n) is 1.84. The highest BCUT2D eigenvalue weighted by Crippen LogP contribution is 2.39. The molecule has 0 spiro atoms. The summed E-state index contributed by atoms with van der Waals surface area (Å²) in [6.07, 6.45) is 3.71. The standard InChI is InChI=1S/C11H14BrNO/c12-10-5-4-8(14)6-9(10)11(13)7-2-1-3-7/h4-7,11,14H,1-3,13H2. The molecule has 1 aliphatic carbocycles. The van der Waals surface area contributed by atoms with Gasteiger partial charge in [-0.1, -0.05) is 22.4 Å². The van der Waals surface area contributed by atoms with Gasteiger partial charge < -0.3 is 10.8 Å². The lowest BCUT2D eigenvalue weighted by Crippen LogP contribution is -2.27. The Bertz CT molecular complexity index is 336. The Morgan fingerprint density at radius 3 is 2.71 bits per heavy atom. The van der Waals surface area contributed by atoms with Crippen LogP contribution in [0.5, 0.6) is 5.75 Å². The van der Waals surface area contributed by atoms with E-state index in [9.17, 15) is 5.11 Å². The van der Waals surface area contributed by atoms with Crippen molar-refractivity contribution in [1.82, 2.24) is 0 Å². The Morgan fingerprint density at radius 2 is 2.14 bits per heavy atom. The number of hydrogen-bond donors (Lipinski definition) is 2. The molecule has 0 aromatic heterocycles. The van der Waals surface area contributed by atoms with Crippen LogP contribution < -0.4 is 5.73 Å². The SMILES string of the molecule is NC(c1cc(O)ccc1Br)C1CCC1. The van der Waals surface area contributed by atoms with Crippen LogP contribution >= 0.6 is 15.9 Å². The minimum absolute atomic E-state index is 0.0604. The molecule has 0 bridgehead atoms. The van der Waals surface area contributed by atoms with E-state index in [2.05, 4.69) is 15.9 Å². The summed E-state index contributed by atoms with van der Waals surface area (Å²) >= 11 is 3.46. The first-order valence-electron chi connectivity index (χ1n) is 4.92. The fraction of sp³-hybridized carbons (Fsp3) is 0.455. The number of phenols is 1. The maximum Gasteiger partial charge on any atom is 0.115 e. The highest BCUT2D eigenvalue weighted by Gasteiger charge is 2.26. The zero-order valence-corrected chi connectivity index (χ0v) is 9.50. The molecule has 2 rings (SSSR count). The van der Waals surface area contributed by atoms with Crippen molar-refractivity contribution in [3.63, 3.8) is 0 Å². The van der Waals surface area contributed by atoms with Gasteiger partial charge in [-0.05, 0) is 42.5 Å². The summed E-state index contributed by atoms with van der Waals surface area (Å²) in [5.74, 6) is 0.881. The molecule has 0 amide bonds. The number of benzene rings is 1. The molecule has 1 aromatic rings. The molecule has 1 aromatic carbocycles. The first-order chi connectivity index (χ1) is 6.68. The lowest BCUT2D eigenvalue weighted by Gasteiger charge is -2.32. The predicted octanol–water partition coefficient (Wildman–Crippen LogP) is 2.95. The molecule has 3 N–H and O–H groups in total. The molecule has 1 fully saturated rings. The minimum atomic E-state index is 0.0604. The lowest BCUT2D eigenvalue weighted by molar-refractivity contribution is 0.263. The molecule has 1 atom stereocenters. The van der Waals surface area contributed by atoms with Crippen molar-refractivity contribution in [2.75, 3.05) is 0 Å². The van der Waals surface area contributed by atoms with Gasteiger partial charge in [0.15, 0.2) is 0 Å². The number of phenolic OH excluding ortho intramolecular Hbond substituents is 1. The van der Waals surface area contributed by atoms with Crippen LogP contribution in [-0.2, 0) is 0 Å². The molecular weight excluding hydrogens is 242 g/mol. The first-order valence-corrected chi connectivity index (χ1v) is 5.72. The normalized spacial score (nSPS) is 19.0.